The Morgan fingerprint density at radius 2 is 1.56 bits per heavy atom. The molecule has 0 spiro atoms. The summed E-state index contributed by atoms with van der Waals surface area (Å²) in [6, 6.07) is 18.0. The van der Waals surface area contributed by atoms with E-state index in [0.29, 0.717) is 30.2 Å². The van der Waals surface area contributed by atoms with Crippen molar-refractivity contribution in [2.75, 3.05) is 0 Å². The molecular weight excluding hydrogens is 570 g/mol. The van der Waals surface area contributed by atoms with Crippen LogP contribution >= 0.6 is 0 Å². The number of amides is 4. The van der Waals surface area contributed by atoms with Gasteiger partial charge < -0.3 is 27.2 Å². The van der Waals surface area contributed by atoms with Crippen LogP contribution in [0.4, 0.5) is 0 Å². The first-order valence-corrected chi connectivity index (χ1v) is 15.9. The van der Waals surface area contributed by atoms with E-state index in [-0.39, 0.29) is 23.4 Å². The van der Waals surface area contributed by atoms with Gasteiger partial charge in [0.1, 0.15) is 11.7 Å². The number of primary amides is 2. The summed E-state index contributed by atoms with van der Waals surface area (Å²) < 4.78 is 0. The lowest BCUT2D eigenvalue weighted by Crippen LogP contribution is -2.55. The highest BCUT2D eigenvalue weighted by Crippen LogP contribution is 2.46. The van der Waals surface area contributed by atoms with Crippen LogP contribution in [0.1, 0.15) is 67.4 Å². The standard InChI is InChI=1S/C35H43N5O5/c36-32(42)20-30(40-34(44)28-15-14-22-10-6-7-13-27(22)38-28)35(45)39-29(16-21-8-2-1-3-9-21)31(41)19-25-17-23-11-4-5-12-24(23)18-26(25)33(37)43/h1-3,6-10,13-15,23-26,29-31,41H,4-5,11-12,16-20H2,(H2,36,42)(H2,37,43)(H,39,45)(H,40,44)/t23-,24+,25?,26?,29?,30+,31?/m1/s1. The molecule has 1 heterocycles. The van der Waals surface area contributed by atoms with E-state index in [1.807, 2.05) is 48.5 Å². The fourth-order valence-electron chi connectivity index (χ4n) is 7.33. The predicted molar refractivity (Wildman–Crippen MR) is 170 cm³/mol. The Morgan fingerprint density at radius 3 is 2.27 bits per heavy atom. The molecule has 0 aliphatic heterocycles. The van der Waals surface area contributed by atoms with Crippen LogP contribution in [-0.4, -0.2) is 51.9 Å². The van der Waals surface area contributed by atoms with Gasteiger partial charge in [-0.05, 0) is 61.1 Å². The van der Waals surface area contributed by atoms with Crippen molar-refractivity contribution in [1.29, 1.82) is 0 Å². The second-order valence-electron chi connectivity index (χ2n) is 12.7. The molecule has 4 amide bonds. The van der Waals surface area contributed by atoms with E-state index in [2.05, 4.69) is 15.6 Å². The van der Waals surface area contributed by atoms with Crippen LogP contribution in [0.15, 0.2) is 66.7 Å². The molecule has 45 heavy (non-hydrogen) atoms. The largest absolute Gasteiger partial charge is 0.391 e. The molecule has 10 nitrogen and oxygen atoms in total. The number of aromatic nitrogens is 1. The van der Waals surface area contributed by atoms with Crippen molar-refractivity contribution in [2.45, 2.75) is 76.0 Å². The van der Waals surface area contributed by atoms with Crippen LogP contribution in [0.25, 0.3) is 10.9 Å². The lowest BCUT2D eigenvalue weighted by Gasteiger charge is -2.44. The zero-order chi connectivity index (χ0) is 31.9. The number of carbonyl (C=O) groups is 4. The number of hydrogen-bond acceptors (Lipinski definition) is 6. The number of hydrogen-bond donors (Lipinski definition) is 5. The summed E-state index contributed by atoms with van der Waals surface area (Å²) in [7, 11) is 0. The Labute approximate surface area is 263 Å². The van der Waals surface area contributed by atoms with E-state index in [9.17, 15) is 24.3 Å². The minimum atomic E-state index is -1.29. The van der Waals surface area contributed by atoms with Crippen molar-refractivity contribution >= 4 is 34.5 Å². The first kappa shape index (κ1) is 32.1. The van der Waals surface area contributed by atoms with Gasteiger partial charge in [0.15, 0.2) is 0 Å². The van der Waals surface area contributed by atoms with Crippen molar-refractivity contribution in [3.8, 4) is 0 Å². The fourth-order valence-corrected chi connectivity index (χ4v) is 7.33. The third kappa shape index (κ3) is 8.25. The van der Waals surface area contributed by atoms with Crippen LogP contribution in [0, 0.1) is 23.7 Å². The van der Waals surface area contributed by atoms with Crippen molar-refractivity contribution in [3.05, 3.63) is 78.0 Å². The summed E-state index contributed by atoms with van der Waals surface area (Å²) in [5, 5.41) is 18.0. The maximum absolute atomic E-state index is 13.7. The number of nitrogens with one attached hydrogen (secondary N) is 2. The minimum Gasteiger partial charge on any atom is -0.391 e. The second kappa shape index (κ2) is 14.6. The van der Waals surface area contributed by atoms with Gasteiger partial charge in [-0.2, -0.15) is 0 Å². The van der Waals surface area contributed by atoms with Crippen LogP contribution < -0.4 is 22.1 Å². The SMILES string of the molecule is NC(=O)C[C@H](NC(=O)c1ccc2ccccc2n1)C(=O)NC(Cc1ccccc1)C(O)CC1C[C@H]2CCCC[C@H]2CC1C(N)=O. The molecule has 2 aliphatic rings. The zero-order valence-electron chi connectivity index (χ0n) is 25.4. The number of nitrogens with zero attached hydrogens (tertiary/aromatic N) is 1. The number of fused-ring (bicyclic) bond motifs is 2. The highest BCUT2D eigenvalue weighted by molar-refractivity contribution is 5.99. The Morgan fingerprint density at radius 1 is 0.867 bits per heavy atom. The lowest BCUT2D eigenvalue weighted by molar-refractivity contribution is -0.129. The average Bonchev–Trinajstić information content (AvgIpc) is 3.03. The van der Waals surface area contributed by atoms with Crippen molar-refractivity contribution in [1.82, 2.24) is 15.6 Å². The topological polar surface area (TPSA) is 178 Å². The molecule has 0 bridgehead atoms. The Bertz CT molecular complexity index is 1510. The summed E-state index contributed by atoms with van der Waals surface area (Å²) in [4.78, 5) is 55.7. The van der Waals surface area contributed by atoms with Gasteiger partial charge in [-0.15, -0.1) is 0 Å². The molecule has 7 atom stereocenters. The molecule has 2 fully saturated rings. The molecule has 3 aromatic rings. The number of para-hydroxylation sites is 1. The molecule has 2 saturated carbocycles. The third-order valence-corrected chi connectivity index (χ3v) is 9.66. The molecule has 2 aliphatic carbocycles. The maximum atomic E-state index is 13.7. The first-order valence-electron chi connectivity index (χ1n) is 15.9. The van der Waals surface area contributed by atoms with E-state index in [0.717, 1.165) is 36.6 Å². The molecule has 1 aromatic heterocycles. The van der Waals surface area contributed by atoms with Gasteiger partial charge in [-0.1, -0.05) is 80.3 Å². The minimum absolute atomic E-state index is 0.0904. The second-order valence-corrected chi connectivity index (χ2v) is 12.7. The number of aliphatic hydroxyl groups excluding tert-OH is 1. The van der Waals surface area contributed by atoms with E-state index in [1.54, 1.807) is 18.2 Å². The first-order chi connectivity index (χ1) is 21.7. The summed E-state index contributed by atoms with van der Waals surface area (Å²) in [5.74, 6) is -1.83. The van der Waals surface area contributed by atoms with Crippen molar-refractivity contribution in [3.63, 3.8) is 0 Å². The van der Waals surface area contributed by atoms with Gasteiger partial charge in [-0.25, -0.2) is 4.98 Å². The predicted octanol–water partition coefficient (Wildman–Crippen LogP) is 3.00. The summed E-state index contributed by atoms with van der Waals surface area (Å²) >= 11 is 0. The molecule has 5 rings (SSSR count). The van der Waals surface area contributed by atoms with E-state index in [1.165, 1.54) is 12.8 Å². The van der Waals surface area contributed by atoms with E-state index >= 15 is 0 Å². The molecule has 0 saturated heterocycles. The quantitative estimate of drug-likeness (QED) is 0.210. The Kier molecular flexibility index (Phi) is 10.4. The highest BCUT2D eigenvalue weighted by atomic mass is 16.3. The fraction of sp³-hybridized carbons (Fsp3) is 0.457. The highest BCUT2D eigenvalue weighted by Gasteiger charge is 2.42. The number of carbonyl (C=O) groups excluding carboxylic acids is 4. The molecular formula is C35H43N5O5. The Balaban J connectivity index is 1.33. The number of aliphatic hydroxyl groups is 1. The molecule has 10 heteroatoms. The zero-order valence-corrected chi connectivity index (χ0v) is 25.4. The van der Waals surface area contributed by atoms with Gasteiger partial charge in [0.05, 0.1) is 24.1 Å². The van der Waals surface area contributed by atoms with Crippen LogP contribution in [0.3, 0.4) is 0 Å². The van der Waals surface area contributed by atoms with Gasteiger partial charge >= 0.3 is 0 Å². The summed E-state index contributed by atoms with van der Waals surface area (Å²) in [6.07, 6.45) is 5.29. The maximum Gasteiger partial charge on any atom is 0.270 e. The summed E-state index contributed by atoms with van der Waals surface area (Å²) in [6.45, 7) is 0. The van der Waals surface area contributed by atoms with Gasteiger partial charge in [-0.3, -0.25) is 19.2 Å². The van der Waals surface area contributed by atoms with Gasteiger partial charge in [0.2, 0.25) is 17.7 Å². The van der Waals surface area contributed by atoms with Gasteiger partial charge in [0.25, 0.3) is 5.91 Å². The van der Waals surface area contributed by atoms with Crippen LogP contribution in [-0.2, 0) is 20.8 Å². The number of nitrogens with two attached hydrogens (primary N) is 2. The van der Waals surface area contributed by atoms with E-state index < -0.39 is 42.3 Å². The number of benzene rings is 2. The molecule has 2 aromatic carbocycles. The summed E-state index contributed by atoms with van der Waals surface area (Å²) in [5.41, 5.74) is 12.9. The van der Waals surface area contributed by atoms with Gasteiger partial charge in [0, 0.05) is 11.3 Å². The van der Waals surface area contributed by atoms with Crippen LogP contribution in [0.2, 0.25) is 0 Å². The van der Waals surface area contributed by atoms with E-state index in [4.69, 9.17) is 11.5 Å². The molecule has 0 radical (unpaired) electrons. The smallest absolute Gasteiger partial charge is 0.270 e. The normalized spacial score (nSPS) is 23.2. The number of rotatable bonds is 12. The van der Waals surface area contributed by atoms with Crippen molar-refractivity contribution in [2.24, 2.45) is 35.1 Å². The van der Waals surface area contributed by atoms with Crippen LogP contribution in [0.5, 0.6) is 0 Å². The number of pyridine rings is 1. The van der Waals surface area contributed by atoms with Crippen molar-refractivity contribution < 1.29 is 24.3 Å². The molecule has 238 valence electrons. The monoisotopic (exact) mass is 613 g/mol. The Hall–Kier alpha value is -4.31. The molecule has 7 N–H and O–H groups in total. The molecule has 4 unspecified atom stereocenters. The average molecular weight is 614 g/mol. The third-order valence-electron chi connectivity index (χ3n) is 9.66. The lowest BCUT2D eigenvalue weighted by atomic mass is 9.62.